The highest BCUT2D eigenvalue weighted by atomic mass is 19.1. The van der Waals surface area contributed by atoms with Crippen molar-refractivity contribution in [2.75, 3.05) is 11.9 Å². The largest absolute Gasteiger partial charge is 0.375 e. The van der Waals surface area contributed by atoms with Gasteiger partial charge in [-0.3, -0.25) is 10.1 Å². The highest BCUT2D eigenvalue weighted by molar-refractivity contribution is 5.62. The molecule has 1 saturated heterocycles. The minimum atomic E-state index is -1.16. The molecule has 2 rings (SSSR count). The van der Waals surface area contributed by atoms with E-state index in [4.69, 9.17) is 0 Å². The van der Waals surface area contributed by atoms with Crippen LogP contribution in [-0.2, 0) is 0 Å². The van der Waals surface area contributed by atoms with Gasteiger partial charge in [-0.05, 0) is 26.3 Å². The summed E-state index contributed by atoms with van der Waals surface area (Å²) in [5, 5.41) is 17.0. The van der Waals surface area contributed by atoms with Crippen LogP contribution in [0.1, 0.15) is 19.8 Å². The summed E-state index contributed by atoms with van der Waals surface area (Å²) in [7, 11) is 0. The van der Waals surface area contributed by atoms with E-state index in [1.807, 2.05) is 6.92 Å². The molecule has 7 heteroatoms. The Kier molecular flexibility index (Phi) is 3.94. The van der Waals surface area contributed by atoms with Crippen molar-refractivity contribution in [3.63, 3.8) is 0 Å². The Labute approximate surface area is 109 Å². The third kappa shape index (κ3) is 2.98. The molecule has 19 heavy (non-hydrogen) atoms. The maximum atomic E-state index is 13.5. The van der Waals surface area contributed by atoms with Crippen LogP contribution in [-0.4, -0.2) is 23.6 Å². The van der Waals surface area contributed by atoms with Gasteiger partial charge in [0, 0.05) is 24.2 Å². The molecule has 1 aliphatic heterocycles. The lowest BCUT2D eigenvalue weighted by molar-refractivity contribution is -0.386. The van der Waals surface area contributed by atoms with E-state index in [1.165, 1.54) is 0 Å². The van der Waals surface area contributed by atoms with Crippen LogP contribution in [0.25, 0.3) is 0 Å². The van der Waals surface area contributed by atoms with Crippen LogP contribution in [0.15, 0.2) is 12.1 Å². The molecule has 1 aromatic carbocycles. The zero-order valence-corrected chi connectivity index (χ0v) is 10.5. The number of piperidine rings is 1. The zero-order chi connectivity index (χ0) is 14.0. The van der Waals surface area contributed by atoms with Crippen LogP contribution >= 0.6 is 0 Å². The lowest BCUT2D eigenvalue weighted by atomic mass is 9.99. The molecule has 0 aromatic heterocycles. The molecule has 0 spiro atoms. The number of nitrogens with zero attached hydrogens (tertiary/aromatic N) is 1. The number of benzene rings is 1. The van der Waals surface area contributed by atoms with Crippen molar-refractivity contribution < 1.29 is 13.7 Å². The first kappa shape index (κ1) is 13.7. The van der Waals surface area contributed by atoms with Crippen molar-refractivity contribution in [3.8, 4) is 0 Å². The van der Waals surface area contributed by atoms with E-state index in [1.54, 1.807) is 0 Å². The third-order valence-electron chi connectivity index (χ3n) is 3.31. The van der Waals surface area contributed by atoms with E-state index < -0.39 is 22.2 Å². The Balaban J connectivity index is 2.30. The molecular weight excluding hydrogens is 256 g/mol. The van der Waals surface area contributed by atoms with Gasteiger partial charge >= 0.3 is 5.69 Å². The molecule has 1 heterocycles. The summed E-state index contributed by atoms with van der Waals surface area (Å²) in [6.45, 7) is 2.80. The first-order chi connectivity index (χ1) is 8.99. The number of nitro groups is 1. The fourth-order valence-corrected chi connectivity index (χ4v) is 2.30. The van der Waals surface area contributed by atoms with Crippen LogP contribution in [0, 0.1) is 21.7 Å². The summed E-state index contributed by atoms with van der Waals surface area (Å²) >= 11 is 0. The first-order valence-corrected chi connectivity index (χ1v) is 6.12. The predicted molar refractivity (Wildman–Crippen MR) is 67.1 cm³/mol. The van der Waals surface area contributed by atoms with Crippen molar-refractivity contribution in [1.29, 1.82) is 0 Å². The van der Waals surface area contributed by atoms with Crippen molar-refractivity contribution in [1.82, 2.24) is 5.32 Å². The Hall–Kier alpha value is -1.76. The van der Waals surface area contributed by atoms with E-state index in [-0.39, 0.29) is 17.8 Å². The molecular formula is C12H15F2N3O2. The lowest BCUT2D eigenvalue weighted by Gasteiger charge is -2.31. The van der Waals surface area contributed by atoms with Gasteiger partial charge in [-0.2, -0.15) is 4.39 Å². The first-order valence-electron chi connectivity index (χ1n) is 6.12. The van der Waals surface area contributed by atoms with Gasteiger partial charge < -0.3 is 10.6 Å². The zero-order valence-electron chi connectivity index (χ0n) is 10.5. The molecule has 2 unspecified atom stereocenters. The van der Waals surface area contributed by atoms with Gasteiger partial charge in [-0.15, -0.1) is 0 Å². The maximum Gasteiger partial charge on any atom is 0.327 e. The summed E-state index contributed by atoms with van der Waals surface area (Å²) < 4.78 is 26.7. The van der Waals surface area contributed by atoms with Crippen LogP contribution in [0.4, 0.5) is 20.2 Å². The quantitative estimate of drug-likeness (QED) is 0.654. The normalized spacial score (nSPS) is 23.1. The van der Waals surface area contributed by atoms with Crippen molar-refractivity contribution in [2.24, 2.45) is 0 Å². The predicted octanol–water partition coefficient (Wildman–Crippen LogP) is 2.43. The number of anilines is 1. The molecule has 1 aliphatic rings. The maximum absolute atomic E-state index is 13.5. The monoisotopic (exact) mass is 271 g/mol. The van der Waals surface area contributed by atoms with Crippen LogP contribution in [0.2, 0.25) is 0 Å². The SMILES string of the molecule is CC1NCCCC1Nc1cc(F)cc(F)c1[N+](=O)[O-]. The second-order valence-corrected chi connectivity index (χ2v) is 4.68. The van der Waals surface area contributed by atoms with Gasteiger partial charge in [0.2, 0.25) is 5.82 Å². The molecule has 104 valence electrons. The second kappa shape index (κ2) is 5.48. The Morgan fingerprint density at radius 2 is 2.21 bits per heavy atom. The summed E-state index contributed by atoms with van der Waals surface area (Å²) in [4.78, 5) is 10.0. The van der Waals surface area contributed by atoms with Gasteiger partial charge in [-0.25, -0.2) is 4.39 Å². The summed E-state index contributed by atoms with van der Waals surface area (Å²) in [5.41, 5.74) is -0.817. The molecule has 2 N–H and O–H groups in total. The highest BCUT2D eigenvalue weighted by Gasteiger charge is 2.27. The number of halogens is 2. The average Bonchev–Trinajstić information content (AvgIpc) is 2.30. The smallest absolute Gasteiger partial charge is 0.327 e. The van der Waals surface area contributed by atoms with E-state index in [2.05, 4.69) is 10.6 Å². The fourth-order valence-electron chi connectivity index (χ4n) is 2.30. The molecule has 0 amide bonds. The summed E-state index contributed by atoms with van der Waals surface area (Å²) in [6.07, 6.45) is 1.71. The van der Waals surface area contributed by atoms with Crippen LogP contribution in [0.3, 0.4) is 0 Å². The fraction of sp³-hybridized carbons (Fsp3) is 0.500. The van der Waals surface area contributed by atoms with Gasteiger partial charge in [0.25, 0.3) is 0 Å². The van der Waals surface area contributed by atoms with Gasteiger partial charge in [0.1, 0.15) is 11.5 Å². The summed E-state index contributed by atoms with van der Waals surface area (Å²) in [6, 6.07) is 1.47. The van der Waals surface area contributed by atoms with E-state index in [0.29, 0.717) is 6.07 Å². The Morgan fingerprint density at radius 1 is 1.47 bits per heavy atom. The van der Waals surface area contributed by atoms with Crippen molar-refractivity contribution in [3.05, 3.63) is 33.9 Å². The molecule has 5 nitrogen and oxygen atoms in total. The molecule has 0 bridgehead atoms. The number of hydrogen-bond donors (Lipinski definition) is 2. The highest BCUT2D eigenvalue weighted by Crippen LogP contribution is 2.30. The minimum absolute atomic E-state index is 0.0830. The molecule has 0 radical (unpaired) electrons. The molecule has 1 fully saturated rings. The van der Waals surface area contributed by atoms with Crippen LogP contribution in [0.5, 0.6) is 0 Å². The third-order valence-corrected chi connectivity index (χ3v) is 3.31. The topological polar surface area (TPSA) is 67.2 Å². The van der Waals surface area contributed by atoms with Gasteiger partial charge in [0.05, 0.1) is 4.92 Å². The second-order valence-electron chi connectivity index (χ2n) is 4.68. The van der Waals surface area contributed by atoms with Crippen LogP contribution < -0.4 is 10.6 Å². The average molecular weight is 271 g/mol. The van der Waals surface area contributed by atoms with Gasteiger partial charge in [-0.1, -0.05) is 0 Å². The van der Waals surface area contributed by atoms with E-state index >= 15 is 0 Å². The Bertz CT molecular complexity index is 496. The van der Waals surface area contributed by atoms with Gasteiger partial charge in [0.15, 0.2) is 0 Å². The molecule has 2 atom stereocenters. The van der Waals surface area contributed by atoms with E-state index in [9.17, 15) is 18.9 Å². The number of hydrogen-bond acceptors (Lipinski definition) is 4. The number of nitro benzene ring substituents is 1. The lowest BCUT2D eigenvalue weighted by Crippen LogP contribution is -2.46. The van der Waals surface area contributed by atoms with E-state index in [0.717, 1.165) is 25.5 Å². The van der Waals surface area contributed by atoms with Crippen molar-refractivity contribution in [2.45, 2.75) is 31.8 Å². The molecule has 0 aliphatic carbocycles. The summed E-state index contributed by atoms with van der Waals surface area (Å²) in [5.74, 6) is -1.99. The minimum Gasteiger partial charge on any atom is -0.375 e. The number of nitrogens with one attached hydrogen (secondary N) is 2. The van der Waals surface area contributed by atoms with Crippen molar-refractivity contribution >= 4 is 11.4 Å². The molecule has 1 aromatic rings. The number of rotatable bonds is 3. The Morgan fingerprint density at radius 3 is 2.84 bits per heavy atom. The molecule has 0 saturated carbocycles. The standard InChI is InChI=1S/C12H15F2N3O2/c1-7-10(3-2-4-15-7)16-11-6-8(13)5-9(14)12(11)17(18)19/h5-7,10,15-16H,2-4H2,1H3.